The van der Waals surface area contributed by atoms with Crippen LogP contribution in [0.1, 0.15) is 5.56 Å². The van der Waals surface area contributed by atoms with Gasteiger partial charge in [-0.15, -0.1) is 13.2 Å². The van der Waals surface area contributed by atoms with Gasteiger partial charge < -0.3 is 28.0 Å². The van der Waals surface area contributed by atoms with Crippen LogP contribution in [0.4, 0.5) is 13.2 Å². The zero-order valence-electron chi connectivity index (χ0n) is 8.27. The molecule has 0 bridgehead atoms. The molecule has 2 rings (SSSR count). The molecule has 0 fully saturated rings. The number of rotatable bonds is 2. The maximum Gasteiger partial charge on any atom is 2.00 e. The largest absolute Gasteiger partial charge is 2.00 e. The minimum Gasteiger partial charge on any atom is -0.693 e. The molecule has 0 unspecified atom stereocenters. The first-order chi connectivity index (χ1) is 6.96. The Bertz CT molecular complexity index is 408. The van der Waals surface area contributed by atoms with Crippen LogP contribution in [0.3, 0.4) is 0 Å². The number of hydrogen-bond acceptors (Lipinski definition) is 3. The Balaban J connectivity index is 0.00000128. The van der Waals surface area contributed by atoms with Crippen LogP contribution in [0.15, 0.2) is 30.5 Å². The van der Waals surface area contributed by atoms with Gasteiger partial charge in [-0.25, -0.2) is 0 Å². The van der Waals surface area contributed by atoms with Crippen molar-refractivity contribution in [2.24, 2.45) is 0 Å². The minimum absolute atomic E-state index is 0. The van der Waals surface area contributed by atoms with Crippen molar-refractivity contribution in [3.05, 3.63) is 42.2 Å². The monoisotopic (exact) mass is 432 g/mol. The van der Waals surface area contributed by atoms with E-state index >= 15 is 0 Å². The van der Waals surface area contributed by atoms with E-state index in [4.69, 9.17) is 12.8 Å². The molecule has 8 heteroatoms. The van der Waals surface area contributed by atoms with Crippen molar-refractivity contribution in [1.82, 2.24) is 4.31 Å². The van der Waals surface area contributed by atoms with Gasteiger partial charge in [0, 0.05) is 11.9 Å². The predicted octanol–water partition coefficient (Wildman–Crippen LogP) is 3.38. The van der Waals surface area contributed by atoms with Gasteiger partial charge >= 0.3 is 27.4 Å². The van der Waals surface area contributed by atoms with Crippen LogP contribution in [0.2, 0.25) is 0 Å². The topological polar surface area (TPSA) is 45.7 Å². The molecule has 0 aromatic heterocycles. The van der Waals surface area contributed by atoms with Crippen LogP contribution < -0.4 is 4.74 Å². The van der Waals surface area contributed by atoms with E-state index in [0.717, 1.165) is 11.3 Å². The second-order valence-corrected chi connectivity index (χ2v) is 3.31. The van der Waals surface area contributed by atoms with Crippen LogP contribution in [-0.4, -0.2) is 10.7 Å². The van der Waals surface area contributed by atoms with Gasteiger partial charge in [-0.05, 0) is 29.8 Å². The van der Waals surface area contributed by atoms with Crippen molar-refractivity contribution in [3.63, 3.8) is 0 Å². The van der Waals surface area contributed by atoms with Crippen LogP contribution in [0, 0.1) is 0 Å². The quantitative estimate of drug-likeness (QED) is 0.674. The Hall–Kier alpha value is -0.652. The number of benzene rings is 1. The maximum absolute atomic E-state index is 11.8. The second-order valence-electron chi connectivity index (χ2n) is 2.91. The van der Waals surface area contributed by atoms with Crippen molar-refractivity contribution in [3.8, 4) is 5.75 Å². The van der Waals surface area contributed by atoms with Crippen molar-refractivity contribution < 1.29 is 39.0 Å². The predicted molar refractivity (Wildman–Crippen MR) is 55.6 cm³/mol. The summed E-state index contributed by atoms with van der Waals surface area (Å²) in [5.74, 6) is -0.233. The molecule has 0 aliphatic carbocycles. The van der Waals surface area contributed by atoms with E-state index in [1.807, 2.05) is 0 Å². The summed E-state index contributed by atoms with van der Waals surface area (Å²) < 4.78 is 40.6. The van der Waals surface area contributed by atoms with E-state index in [9.17, 15) is 13.2 Å². The first kappa shape index (κ1) is 16.3. The minimum atomic E-state index is -4.65. The van der Waals surface area contributed by atoms with E-state index in [-0.39, 0.29) is 33.0 Å². The number of nitrogens with zero attached hydrogens (tertiary/aromatic N) is 1. The molecule has 1 aromatic carbocycles. The molecule has 1 aliphatic rings. The normalized spacial score (nSPS) is 13.2. The Morgan fingerprint density at radius 3 is 1.94 bits per heavy atom. The summed E-state index contributed by atoms with van der Waals surface area (Å²) in [6, 6.07) is 5.56. The molecule has 92 valence electrons. The maximum atomic E-state index is 11.8. The van der Waals surface area contributed by atoms with Gasteiger partial charge in [0.05, 0.1) is 0 Å². The molecule has 0 radical (unpaired) electrons. The Kier molecular flexibility index (Phi) is 5.57. The third-order valence-corrected chi connectivity index (χ3v) is 2.10. The van der Waals surface area contributed by atoms with Gasteiger partial charge in [0.25, 0.3) is 0 Å². The first-order valence-electron chi connectivity index (χ1n) is 4.00. The van der Waals surface area contributed by atoms with Crippen LogP contribution in [0.5, 0.6) is 5.75 Å². The van der Waals surface area contributed by atoms with Gasteiger partial charge in [-0.1, -0.05) is 0 Å². The Labute approximate surface area is 116 Å². The number of hydrogen-bond donors (Lipinski definition) is 0. The molecule has 0 spiro atoms. The van der Waals surface area contributed by atoms with Gasteiger partial charge in [0.15, 0.2) is 0 Å². The number of nitrogens with two attached hydrogens (primary N) is 1. The summed E-state index contributed by atoms with van der Waals surface area (Å²) in [7, 11) is 0. The molecule has 0 saturated heterocycles. The van der Waals surface area contributed by atoms with Crippen molar-refractivity contribution in [1.29, 1.82) is 0 Å². The molecule has 1 aliphatic heterocycles. The summed E-state index contributed by atoms with van der Waals surface area (Å²) in [4.78, 5) is 0. The fraction of sp³-hybridized carbons (Fsp3) is 0.111. The summed E-state index contributed by atoms with van der Waals surface area (Å²) in [5.41, 5.74) is 1.60. The Morgan fingerprint density at radius 2 is 1.59 bits per heavy atom. The van der Waals surface area contributed by atoms with Crippen molar-refractivity contribution >= 4 is 18.5 Å². The van der Waals surface area contributed by atoms with Gasteiger partial charge in [0.2, 0.25) is 0 Å². The summed E-state index contributed by atoms with van der Waals surface area (Å²) in [6.07, 6.45) is -2.95. The molecule has 0 amide bonds. The van der Waals surface area contributed by atoms with Crippen LogP contribution in [-0.2, 0) is 33.9 Å². The summed E-state index contributed by atoms with van der Waals surface area (Å²) in [6.45, 7) is 0. The average molecular weight is 432 g/mol. The van der Waals surface area contributed by atoms with Gasteiger partial charge in [0.1, 0.15) is 5.75 Å². The first-order valence-corrected chi connectivity index (χ1v) is 4.36. The number of halogens is 3. The molecule has 0 saturated carbocycles. The summed E-state index contributed by atoms with van der Waals surface area (Å²) >= 11 is 4.78. The van der Waals surface area contributed by atoms with Crippen molar-refractivity contribution in [2.45, 2.75) is 6.36 Å². The fourth-order valence-corrected chi connectivity index (χ4v) is 1.32. The third-order valence-electron chi connectivity index (χ3n) is 1.79. The fourth-order valence-electron chi connectivity index (χ4n) is 1.11. The number of ether oxygens (including phenoxy) is 1. The smallest absolute Gasteiger partial charge is 0.693 e. The Morgan fingerprint density at radius 1 is 1.12 bits per heavy atom. The van der Waals surface area contributed by atoms with Crippen LogP contribution in [0.25, 0.3) is 11.8 Å². The van der Waals surface area contributed by atoms with E-state index in [1.54, 1.807) is 6.20 Å². The molecule has 3 nitrogen and oxygen atoms in total. The molecule has 17 heavy (non-hydrogen) atoms. The zero-order valence-corrected chi connectivity index (χ0v) is 12.0. The van der Waals surface area contributed by atoms with Crippen molar-refractivity contribution in [2.75, 3.05) is 0 Å². The van der Waals surface area contributed by atoms with E-state index in [2.05, 4.69) is 4.74 Å². The van der Waals surface area contributed by atoms with E-state index in [0.29, 0.717) is 0 Å². The second kappa shape index (κ2) is 5.80. The number of alkyl halides is 3. The average Bonchev–Trinajstić information content (AvgIpc) is 2.81. The molecular weight excluding hydrogens is 425 g/mol. The van der Waals surface area contributed by atoms with E-state index in [1.165, 1.54) is 28.6 Å². The summed E-state index contributed by atoms with van der Waals surface area (Å²) in [5, 5.41) is 0. The molecule has 1 heterocycles. The van der Waals surface area contributed by atoms with Gasteiger partial charge in [-0.2, -0.15) is 0 Å². The van der Waals surface area contributed by atoms with Crippen LogP contribution >= 0.6 is 0 Å². The standard InChI is InChI=1S/C9H5F3NOS.H2N.W/c10-9(11,12)14-7-3-1-6(2-4-7)8-5-13(8)15;;/h1-5H;1H2;/q2*-1;+2. The SMILES string of the molecule is FC(F)(F)Oc1ccc(C2=CN2[S-])cc1.[NH2-].[W+2]. The zero-order chi connectivity index (χ0) is 11.1. The molecule has 1 aromatic rings. The third kappa shape index (κ3) is 4.61. The van der Waals surface area contributed by atoms with Gasteiger partial charge in [-0.3, -0.25) is 0 Å². The molecule has 2 N–H and O–H groups in total. The van der Waals surface area contributed by atoms with E-state index < -0.39 is 6.36 Å². The molecule has 0 atom stereocenters. The molecular formula is C9H7F3N2OSW.